The van der Waals surface area contributed by atoms with Crippen LogP contribution in [0.15, 0.2) is 150 Å². The molecule has 10 rings (SSSR count). The number of aromatic nitrogens is 3. The normalized spacial score (nSPS) is 12.2. The average molecular weight is 1140 g/mol. The molecule has 0 bridgehead atoms. The predicted octanol–water partition coefficient (Wildman–Crippen LogP) is 16.1. The Morgan fingerprint density at radius 3 is 2.15 bits per heavy atom. The summed E-state index contributed by atoms with van der Waals surface area (Å²) in [5, 5.41) is 1.88. The molecule has 3 heterocycles. The minimum Gasteiger partial charge on any atom is 0 e. The summed E-state index contributed by atoms with van der Waals surface area (Å²) in [5.41, 5.74) is 13.3. The van der Waals surface area contributed by atoms with Gasteiger partial charge in [0.2, 0.25) is 0 Å². The van der Waals surface area contributed by atoms with Gasteiger partial charge in [-0.1, -0.05) is 92.4 Å². The molecule has 345 valence electrons. The van der Waals surface area contributed by atoms with Crippen molar-refractivity contribution < 1.29 is 34.7 Å². The molecule has 0 aliphatic carbocycles. The number of halogens is 2. The third-order valence-corrected chi connectivity index (χ3v) is 16.7. The Balaban J connectivity index is 0.000000257. The van der Waals surface area contributed by atoms with Gasteiger partial charge in [0.1, 0.15) is 17.2 Å². The molecule has 4 nitrogen and oxygen atoms in total. The Hall–Kier alpha value is -5.99. The van der Waals surface area contributed by atoms with Crippen LogP contribution in [0.2, 0.25) is 17.3 Å². The smallest absolute Gasteiger partial charge is 0 e. The van der Waals surface area contributed by atoms with E-state index in [0.29, 0.717) is 44.7 Å². The maximum absolute atomic E-state index is 15.1. The van der Waals surface area contributed by atoms with E-state index in [1.807, 2.05) is 98.9 Å². The number of imidazole rings is 1. The first-order chi connectivity index (χ1) is 32.3. The molecule has 0 amide bonds. The summed E-state index contributed by atoms with van der Waals surface area (Å²) >= 11 is -2.03. The number of furan rings is 1. The van der Waals surface area contributed by atoms with Crippen LogP contribution in [0, 0.1) is 37.6 Å². The van der Waals surface area contributed by atoms with Crippen LogP contribution in [-0.4, -0.2) is 27.8 Å². The molecule has 0 N–H and O–H groups in total. The number of rotatable bonds is 7. The van der Waals surface area contributed by atoms with Gasteiger partial charge in [-0.3, -0.25) is 4.98 Å². The molecular weight excluding hydrogens is 1080 g/mol. The largest absolute Gasteiger partial charge is 0 e. The van der Waals surface area contributed by atoms with Gasteiger partial charge < -0.3 is 8.98 Å². The van der Waals surface area contributed by atoms with Crippen molar-refractivity contribution >= 4 is 50.6 Å². The van der Waals surface area contributed by atoms with E-state index in [-0.39, 0.29) is 37.2 Å². The summed E-state index contributed by atoms with van der Waals surface area (Å²) in [6.07, 6.45) is 2.00. The van der Waals surface area contributed by atoms with Crippen LogP contribution in [0.1, 0.15) is 64.1 Å². The molecule has 1 radical (unpaired) electrons. The second-order valence-electron chi connectivity index (χ2n) is 19.7. The third-order valence-electron chi connectivity index (χ3n) is 12.4. The van der Waals surface area contributed by atoms with E-state index in [2.05, 4.69) is 102 Å². The molecule has 0 spiro atoms. The first-order valence-corrected chi connectivity index (χ1v) is 30.1. The van der Waals surface area contributed by atoms with E-state index < -0.39 is 19.2 Å². The summed E-state index contributed by atoms with van der Waals surface area (Å²) in [6, 6.07) is 51.7. The van der Waals surface area contributed by atoms with Crippen LogP contribution < -0.4 is 4.40 Å². The topological polar surface area (TPSA) is 43.9 Å². The maximum Gasteiger partial charge on any atom is 0 e. The fraction of sp³-hybridized carbons (Fsp3) is 0.200. The summed E-state index contributed by atoms with van der Waals surface area (Å²) in [7, 11) is 0. The Morgan fingerprint density at radius 2 is 1.47 bits per heavy atom. The van der Waals surface area contributed by atoms with E-state index in [1.54, 1.807) is 26.0 Å². The van der Waals surface area contributed by atoms with Gasteiger partial charge in [-0.2, -0.15) is 0 Å². The van der Waals surface area contributed by atoms with Crippen molar-refractivity contribution in [2.24, 2.45) is 0 Å². The molecule has 10 aromatic rings. The number of hydrogen-bond acceptors (Lipinski definition) is 3. The molecule has 0 fully saturated rings. The monoisotopic (exact) mass is 1140 g/mol. The zero-order chi connectivity index (χ0) is 48.3. The first-order valence-electron chi connectivity index (χ1n) is 23.3. The van der Waals surface area contributed by atoms with Gasteiger partial charge in [-0.15, -0.1) is 18.2 Å². The first kappa shape index (κ1) is 47.1. The summed E-state index contributed by atoms with van der Waals surface area (Å²) in [6.45, 7) is 14.0. The van der Waals surface area contributed by atoms with Crippen molar-refractivity contribution in [2.75, 3.05) is 0 Å². The summed E-state index contributed by atoms with van der Waals surface area (Å²) in [5.74, 6) is 6.53. The molecule has 0 atom stereocenters. The van der Waals surface area contributed by atoms with E-state index in [9.17, 15) is 4.39 Å². The van der Waals surface area contributed by atoms with Gasteiger partial charge in [0, 0.05) is 31.1 Å². The SMILES string of the molecule is Cc1cc(-c2ccc3c(c2)oc2c(-c4nc5ccc(F)cc5n4-c4c(-c5ccccc5)cccc4C(C)(C)C)[c-]ccc23)cc(C)c1F.[2H]C(C)(C)c1cc(-c2[c-]cccc2)nc[c]1[Ge]([CH3])([CH3])[CH3].[Ir]. The number of pyridine rings is 1. The Bertz CT molecular complexity index is 3490. The van der Waals surface area contributed by atoms with Gasteiger partial charge in [0.05, 0.1) is 28.1 Å². The molecule has 3 aromatic heterocycles. The average Bonchev–Trinajstić information content (AvgIpc) is 3.88. The van der Waals surface area contributed by atoms with Crippen LogP contribution >= 0.6 is 0 Å². The predicted molar refractivity (Wildman–Crippen MR) is 277 cm³/mol. The molecule has 0 saturated carbocycles. The van der Waals surface area contributed by atoms with Crippen LogP contribution in [0.5, 0.6) is 0 Å². The summed E-state index contributed by atoms with van der Waals surface area (Å²) in [4.78, 5) is 9.76. The quantitative estimate of drug-likeness (QED) is 0.118. The van der Waals surface area contributed by atoms with Crippen molar-refractivity contribution in [2.45, 2.75) is 77.0 Å². The Morgan fingerprint density at radius 1 is 0.735 bits per heavy atom. The third kappa shape index (κ3) is 9.41. The van der Waals surface area contributed by atoms with Crippen LogP contribution in [0.3, 0.4) is 0 Å². The molecule has 8 heteroatoms. The second kappa shape index (κ2) is 19.2. The Kier molecular flexibility index (Phi) is 13.3. The van der Waals surface area contributed by atoms with Gasteiger partial charge in [-0.25, -0.2) is 8.78 Å². The number of para-hydroxylation sites is 1. The number of nitrogens with zero attached hydrogens (tertiary/aromatic N) is 3. The summed E-state index contributed by atoms with van der Waals surface area (Å²) < 4.78 is 48.0. The van der Waals surface area contributed by atoms with Crippen LogP contribution in [-0.2, 0) is 25.5 Å². The van der Waals surface area contributed by atoms with E-state index in [4.69, 9.17) is 10.8 Å². The van der Waals surface area contributed by atoms with Crippen LogP contribution in [0.25, 0.3) is 83.6 Å². The standard InChI is InChI=1S/C43H33F2N2O.C17H22GeN.Ir/c1-25-21-29(22-26(2)39(25)45)28-17-19-32-33-14-9-15-34(41(33)48-38(32)23-28)42-46-36-20-18-30(44)24-37(36)47(42)40-31(27-11-7-6-8-12-27)13-10-16-35(40)43(3,4)5;1-13(2)15-11-17(14-9-7-6-8-10-14)19-12-16(15)18(3,4)5;/h6-14,16-24H,1-5H3;6-9,11-13H,1-5H3;/q2*-1;/i;13D;. The van der Waals surface area contributed by atoms with E-state index in [1.165, 1.54) is 10.5 Å². The molecular formula is C60H55F2GeIrN3O-2. The minimum atomic E-state index is -2.03. The van der Waals surface area contributed by atoms with Crippen molar-refractivity contribution in [1.82, 2.24) is 14.5 Å². The van der Waals surface area contributed by atoms with Crippen molar-refractivity contribution in [1.29, 1.82) is 0 Å². The van der Waals surface area contributed by atoms with Gasteiger partial charge in [0.25, 0.3) is 0 Å². The number of benzene rings is 7. The molecule has 0 saturated heterocycles. The van der Waals surface area contributed by atoms with Crippen LogP contribution in [0.4, 0.5) is 8.78 Å². The zero-order valence-electron chi connectivity index (χ0n) is 41.2. The van der Waals surface area contributed by atoms with Crippen molar-refractivity contribution in [3.63, 3.8) is 0 Å². The number of aryl methyl sites for hydroxylation is 2. The number of fused-ring (bicyclic) bond motifs is 4. The van der Waals surface area contributed by atoms with Crippen molar-refractivity contribution in [3.8, 4) is 50.6 Å². The zero-order valence-corrected chi connectivity index (χ0v) is 44.7. The molecule has 7 aromatic carbocycles. The molecule has 0 aliphatic rings. The molecule has 0 unspecified atom stereocenters. The molecule has 0 aliphatic heterocycles. The minimum absolute atomic E-state index is 0. The number of hydrogen-bond donors (Lipinski definition) is 0. The van der Waals surface area contributed by atoms with Crippen molar-refractivity contribution in [3.05, 3.63) is 192 Å². The van der Waals surface area contributed by atoms with E-state index in [0.717, 1.165) is 61.1 Å². The second-order valence-corrected chi connectivity index (χ2v) is 30.3. The Labute approximate surface area is 416 Å². The molecule has 68 heavy (non-hydrogen) atoms. The van der Waals surface area contributed by atoms with Gasteiger partial charge in [-0.05, 0) is 89.0 Å². The maximum atomic E-state index is 15.1. The van der Waals surface area contributed by atoms with E-state index >= 15 is 4.39 Å². The van der Waals surface area contributed by atoms with Gasteiger partial charge >= 0.3 is 120 Å². The fourth-order valence-electron chi connectivity index (χ4n) is 9.05. The fourth-order valence-corrected chi connectivity index (χ4v) is 12.4. The van der Waals surface area contributed by atoms with Gasteiger partial charge in [0.15, 0.2) is 0 Å².